The van der Waals surface area contributed by atoms with Gasteiger partial charge in [-0.1, -0.05) is 13.0 Å². The lowest BCUT2D eigenvalue weighted by molar-refractivity contribution is -0.117. The Hall–Kier alpha value is -0.870. The van der Waals surface area contributed by atoms with Crippen molar-refractivity contribution in [1.29, 1.82) is 0 Å². The van der Waals surface area contributed by atoms with Gasteiger partial charge in [-0.25, -0.2) is 0 Å². The molecule has 0 aromatic rings. The van der Waals surface area contributed by atoms with Crippen molar-refractivity contribution in [3.8, 4) is 0 Å². The molecule has 4 heteroatoms. The van der Waals surface area contributed by atoms with E-state index in [0.717, 1.165) is 18.4 Å². The fraction of sp³-hybridized carbons (Fsp3) is 0.727. The molecule has 15 heavy (non-hydrogen) atoms. The summed E-state index contributed by atoms with van der Waals surface area (Å²) in [6.07, 6.45) is 3.54. The molecule has 0 aliphatic heterocycles. The first kappa shape index (κ1) is 14.1. The molecule has 0 saturated carbocycles. The van der Waals surface area contributed by atoms with Crippen LogP contribution < -0.4 is 5.32 Å². The number of rotatable bonds is 8. The predicted octanol–water partition coefficient (Wildman–Crippen LogP) is 0.858. The van der Waals surface area contributed by atoms with Crippen LogP contribution in [0.1, 0.15) is 26.7 Å². The number of nitrogens with one attached hydrogen (secondary N) is 1. The summed E-state index contributed by atoms with van der Waals surface area (Å²) in [5.41, 5.74) is 0.758. The average Bonchev–Trinajstić information content (AvgIpc) is 2.23. The zero-order valence-corrected chi connectivity index (χ0v) is 9.58. The molecule has 0 saturated heterocycles. The summed E-state index contributed by atoms with van der Waals surface area (Å²) in [7, 11) is 0. The molecule has 1 amide bonds. The zero-order chi connectivity index (χ0) is 11.5. The summed E-state index contributed by atoms with van der Waals surface area (Å²) < 4.78 is 5.06. The summed E-state index contributed by atoms with van der Waals surface area (Å²) in [4.78, 5) is 11.4. The lowest BCUT2D eigenvalue weighted by Gasteiger charge is -2.05. The number of carbonyl (C=O) groups excluding carboxylic acids is 1. The van der Waals surface area contributed by atoms with E-state index in [-0.39, 0.29) is 12.5 Å². The number of aliphatic hydroxyl groups excluding tert-OH is 1. The van der Waals surface area contributed by atoms with Crippen LogP contribution in [0.5, 0.6) is 0 Å². The van der Waals surface area contributed by atoms with E-state index in [2.05, 4.69) is 5.32 Å². The molecule has 2 N–H and O–H groups in total. The molecule has 0 fully saturated rings. The van der Waals surface area contributed by atoms with Crippen LogP contribution in [0.4, 0.5) is 0 Å². The average molecular weight is 215 g/mol. The van der Waals surface area contributed by atoms with Gasteiger partial charge in [0.1, 0.15) is 0 Å². The van der Waals surface area contributed by atoms with Gasteiger partial charge in [0.25, 0.3) is 0 Å². The highest BCUT2D eigenvalue weighted by atomic mass is 16.5. The van der Waals surface area contributed by atoms with Gasteiger partial charge in [0.05, 0.1) is 13.2 Å². The highest BCUT2D eigenvalue weighted by Gasteiger charge is 2.01. The number of amides is 1. The van der Waals surface area contributed by atoms with Crippen LogP contribution in [0.2, 0.25) is 0 Å². The van der Waals surface area contributed by atoms with Gasteiger partial charge in [0.2, 0.25) is 5.91 Å². The SMILES string of the molecule is CC/C=C(/C)C(=O)NCCCOCCO. The van der Waals surface area contributed by atoms with Gasteiger partial charge in [0, 0.05) is 18.7 Å². The third-order valence-corrected chi connectivity index (χ3v) is 1.86. The van der Waals surface area contributed by atoms with E-state index in [9.17, 15) is 4.79 Å². The van der Waals surface area contributed by atoms with Crippen molar-refractivity contribution >= 4 is 5.91 Å². The van der Waals surface area contributed by atoms with E-state index in [0.29, 0.717) is 19.8 Å². The van der Waals surface area contributed by atoms with Crippen LogP contribution in [0, 0.1) is 0 Å². The first-order valence-corrected chi connectivity index (χ1v) is 5.36. The lowest BCUT2D eigenvalue weighted by atomic mass is 10.2. The third-order valence-electron chi connectivity index (χ3n) is 1.86. The minimum Gasteiger partial charge on any atom is -0.394 e. The van der Waals surface area contributed by atoms with Gasteiger partial charge < -0.3 is 15.2 Å². The van der Waals surface area contributed by atoms with Crippen LogP contribution in [0.3, 0.4) is 0 Å². The standard InChI is InChI=1S/C11H21NO3/c1-3-5-10(2)11(14)12-6-4-8-15-9-7-13/h5,13H,3-4,6-9H2,1-2H3,(H,12,14)/b10-5-. The van der Waals surface area contributed by atoms with Crippen molar-refractivity contribution < 1.29 is 14.6 Å². The molecule has 0 aliphatic carbocycles. The minimum absolute atomic E-state index is 0.0148. The highest BCUT2D eigenvalue weighted by molar-refractivity contribution is 5.92. The molecule has 0 radical (unpaired) electrons. The van der Waals surface area contributed by atoms with E-state index < -0.39 is 0 Å². The number of hydrogen-bond acceptors (Lipinski definition) is 3. The largest absolute Gasteiger partial charge is 0.394 e. The number of carbonyl (C=O) groups is 1. The topological polar surface area (TPSA) is 58.6 Å². The van der Waals surface area contributed by atoms with Gasteiger partial charge in [0.15, 0.2) is 0 Å². The second-order valence-corrected chi connectivity index (χ2v) is 3.24. The van der Waals surface area contributed by atoms with Crippen molar-refractivity contribution in [3.63, 3.8) is 0 Å². The monoisotopic (exact) mass is 215 g/mol. The molecule has 0 unspecified atom stereocenters. The van der Waals surface area contributed by atoms with E-state index in [1.807, 2.05) is 13.0 Å². The quantitative estimate of drug-likeness (QED) is 0.466. The molecule has 0 spiro atoms. The lowest BCUT2D eigenvalue weighted by Crippen LogP contribution is -2.26. The van der Waals surface area contributed by atoms with E-state index >= 15 is 0 Å². The van der Waals surface area contributed by atoms with Gasteiger partial charge in [-0.3, -0.25) is 4.79 Å². The highest BCUT2D eigenvalue weighted by Crippen LogP contribution is 1.94. The van der Waals surface area contributed by atoms with E-state index in [1.54, 1.807) is 6.92 Å². The second kappa shape index (κ2) is 9.68. The first-order valence-electron chi connectivity index (χ1n) is 5.36. The van der Waals surface area contributed by atoms with Crippen molar-refractivity contribution in [2.24, 2.45) is 0 Å². The Labute approximate surface area is 91.3 Å². The number of ether oxygens (including phenoxy) is 1. The minimum atomic E-state index is -0.0148. The van der Waals surface area contributed by atoms with Crippen LogP contribution in [-0.4, -0.2) is 37.4 Å². The molecule has 0 aromatic carbocycles. The molecule has 4 nitrogen and oxygen atoms in total. The fourth-order valence-corrected chi connectivity index (χ4v) is 1.08. The maximum Gasteiger partial charge on any atom is 0.246 e. The molecule has 0 heterocycles. The molecule has 0 atom stereocenters. The van der Waals surface area contributed by atoms with Crippen molar-refractivity contribution in [3.05, 3.63) is 11.6 Å². The Morgan fingerprint density at radius 3 is 2.80 bits per heavy atom. The predicted molar refractivity (Wildman–Crippen MR) is 59.6 cm³/mol. The Morgan fingerprint density at radius 2 is 2.20 bits per heavy atom. The molecule has 0 bridgehead atoms. The summed E-state index contributed by atoms with van der Waals surface area (Å²) >= 11 is 0. The number of aliphatic hydroxyl groups is 1. The maximum absolute atomic E-state index is 11.4. The zero-order valence-electron chi connectivity index (χ0n) is 9.58. The maximum atomic E-state index is 11.4. The van der Waals surface area contributed by atoms with Gasteiger partial charge in [-0.15, -0.1) is 0 Å². The Kier molecular flexibility index (Phi) is 9.11. The van der Waals surface area contributed by atoms with Gasteiger partial charge in [-0.2, -0.15) is 0 Å². The summed E-state index contributed by atoms with van der Waals surface area (Å²) in [5, 5.41) is 11.2. The number of hydrogen-bond donors (Lipinski definition) is 2. The summed E-state index contributed by atoms with van der Waals surface area (Å²) in [5.74, 6) is -0.0148. The fourth-order valence-electron chi connectivity index (χ4n) is 1.08. The van der Waals surface area contributed by atoms with E-state index in [1.165, 1.54) is 0 Å². The summed E-state index contributed by atoms with van der Waals surface area (Å²) in [6.45, 7) is 5.39. The molecular weight excluding hydrogens is 194 g/mol. The van der Waals surface area contributed by atoms with Crippen molar-refractivity contribution in [2.75, 3.05) is 26.4 Å². The van der Waals surface area contributed by atoms with Gasteiger partial charge >= 0.3 is 0 Å². The first-order chi connectivity index (χ1) is 7.22. The Balaban J connectivity index is 3.43. The Morgan fingerprint density at radius 1 is 1.47 bits per heavy atom. The Bertz CT molecular complexity index is 202. The molecular formula is C11H21NO3. The third kappa shape index (κ3) is 8.15. The molecule has 0 rings (SSSR count). The van der Waals surface area contributed by atoms with Crippen molar-refractivity contribution in [2.45, 2.75) is 26.7 Å². The molecule has 0 aliphatic rings. The smallest absolute Gasteiger partial charge is 0.246 e. The molecule has 0 aromatic heterocycles. The number of allylic oxidation sites excluding steroid dienone is 1. The van der Waals surface area contributed by atoms with Crippen LogP contribution in [-0.2, 0) is 9.53 Å². The second-order valence-electron chi connectivity index (χ2n) is 3.24. The van der Waals surface area contributed by atoms with Crippen LogP contribution >= 0.6 is 0 Å². The molecule has 88 valence electrons. The van der Waals surface area contributed by atoms with Crippen LogP contribution in [0.15, 0.2) is 11.6 Å². The van der Waals surface area contributed by atoms with Crippen molar-refractivity contribution in [1.82, 2.24) is 5.32 Å². The van der Waals surface area contributed by atoms with Gasteiger partial charge in [-0.05, 0) is 19.8 Å². The normalized spacial score (nSPS) is 11.5. The van der Waals surface area contributed by atoms with Crippen LogP contribution in [0.25, 0.3) is 0 Å². The summed E-state index contributed by atoms with van der Waals surface area (Å²) in [6, 6.07) is 0. The van der Waals surface area contributed by atoms with E-state index in [4.69, 9.17) is 9.84 Å².